The van der Waals surface area contributed by atoms with Gasteiger partial charge in [0.2, 0.25) is 0 Å². The van der Waals surface area contributed by atoms with E-state index in [1.54, 1.807) is 19.1 Å². The topological polar surface area (TPSA) is 77.5 Å². The van der Waals surface area contributed by atoms with Crippen molar-refractivity contribution in [1.29, 1.82) is 0 Å². The lowest BCUT2D eigenvalue weighted by Gasteiger charge is -2.38. The van der Waals surface area contributed by atoms with Crippen LogP contribution >= 0.6 is 0 Å². The number of alkyl halides is 3. The lowest BCUT2D eigenvalue weighted by atomic mass is 9.92. The molecule has 2 aromatic carbocycles. The summed E-state index contributed by atoms with van der Waals surface area (Å²) in [7, 11) is -7.51. The molecule has 2 atom stereocenters. The van der Waals surface area contributed by atoms with Gasteiger partial charge in [-0.15, -0.1) is 0 Å². The molecule has 31 heavy (non-hydrogen) atoms. The molecule has 1 aliphatic rings. The Morgan fingerprint density at radius 1 is 1.06 bits per heavy atom. The molecule has 1 fully saturated rings. The smallest absolute Gasteiger partial charge is 0.373 e. The zero-order chi connectivity index (χ0) is 23.2. The average molecular weight is 477 g/mol. The van der Waals surface area contributed by atoms with E-state index in [-0.39, 0.29) is 29.2 Å². The summed E-state index contributed by atoms with van der Waals surface area (Å²) in [5, 5.41) is 0. The van der Waals surface area contributed by atoms with Gasteiger partial charge in [-0.2, -0.15) is 13.2 Å². The molecule has 5 nitrogen and oxygen atoms in total. The molecule has 0 N–H and O–H groups in total. The summed E-state index contributed by atoms with van der Waals surface area (Å²) in [6.45, 7) is 3.25. The molecule has 2 unspecified atom stereocenters. The largest absolute Gasteiger partial charge is 0.416 e. The van der Waals surface area contributed by atoms with E-state index in [0.717, 1.165) is 18.4 Å². The first kappa shape index (κ1) is 23.7. The summed E-state index contributed by atoms with van der Waals surface area (Å²) >= 11 is 0. The van der Waals surface area contributed by atoms with E-state index < -0.39 is 42.3 Å². The van der Waals surface area contributed by atoms with Crippen LogP contribution in [0.3, 0.4) is 0 Å². The van der Waals surface area contributed by atoms with Crippen LogP contribution in [-0.2, 0) is 30.6 Å². The maximum absolute atomic E-state index is 13.3. The Hall–Kier alpha value is -1.91. The van der Waals surface area contributed by atoms with Gasteiger partial charge in [0.05, 0.1) is 26.2 Å². The number of rotatable bonds is 4. The molecule has 0 amide bonds. The minimum absolute atomic E-state index is 0.0310. The highest BCUT2D eigenvalue weighted by molar-refractivity contribution is 7.92. The number of ether oxygens (including phenoxy) is 1. The molecule has 0 aromatic heterocycles. The van der Waals surface area contributed by atoms with Crippen LogP contribution in [0.2, 0.25) is 0 Å². The Bertz CT molecular complexity index is 1200. The second-order valence-corrected chi connectivity index (χ2v) is 12.5. The fraction of sp³-hybridized carbons (Fsp3) is 0.429. The summed E-state index contributed by atoms with van der Waals surface area (Å²) in [5.74, 6) is 0. The van der Waals surface area contributed by atoms with Crippen LogP contribution in [0.4, 0.5) is 13.2 Å². The van der Waals surface area contributed by atoms with Crippen LogP contribution in [0.25, 0.3) is 0 Å². The summed E-state index contributed by atoms with van der Waals surface area (Å²) in [6, 6.07) is 8.43. The highest BCUT2D eigenvalue weighted by Crippen LogP contribution is 2.43. The number of sulfone groups is 2. The lowest BCUT2D eigenvalue weighted by Crippen LogP contribution is -2.42. The van der Waals surface area contributed by atoms with E-state index in [9.17, 15) is 30.0 Å². The second kappa shape index (κ2) is 7.90. The van der Waals surface area contributed by atoms with Crippen LogP contribution in [0.1, 0.15) is 42.6 Å². The highest BCUT2D eigenvalue weighted by atomic mass is 32.2. The SMILES string of the molecule is Cc1cc(C2CC(C)(S(=O)(=O)c3cccc(C(F)(F)F)c3)CCO2)ccc1S(C)(=O)=O. The fourth-order valence-corrected chi connectivity index (χ4v) is 6.63. The van der Waals surface area contributed by atoms with Crippen LogP contribution in [0.15, 0.2) is 52.3 Å². The predicted molar refractivity (Wildman–Crippen MR) is 109 cm³/mol. The molecular weight excluding hydrogens is 453 g/mol. The van der Waals surface area contributed by atoms with Crippen molar-refractivity contribution < 1.29 is 34.7 Å². The van der Waals surface area contributed by atoms with E-state index in [0.29, 0.717) is 17.2 Å². The van der Waals surface area contributed by atoms with E-state index >= 15 is 0 Å². The summed E-state index contributed by atoms with van der Waals surface area (Å²) in [5.41, 5.74) is 0.111. The molecule has 2 aromatic rings. The van der Waals surface area contributed by atoms with Gasteiger partial charge in [0, 0.05) is 12.9 Å². The van der Waals surface area contributed by atoms with Gasteiger partial charge in [0.15, 0.2) is 19.7 Å². The van der Waals surface area contributed by atoms with Crippen molar-refractivity contribution in [3.8, 4) is 0 Å². The van der Waals surface area contributed by atoms with E-state index in [1.165, 1.54) is 19.1 Å². The van der Waals surface area contributed by atoms with E-state index in [2.05, 4.69) is 0 Å². The van der Waals surface area contributed by atoms with Crippen molar-refractivity contribution in [2.45, 2.75) is 53.5 Å². The number of benzene rings is 2. The van der Waals surface area contributed by atoms with Crippen LogP contribution in [-0.4, -0.2) is 34.4 Å². The molecule has 10 heteroatoms. The van der Waals surface area contributed by atoms with Crippen molar-refractivity contribution in [2.75, 3.05) is 12.9 Å². The van der Waals surface area contributed by atoms with Gasteiger partial charge in [0.1, 0.15) is 0 Å². The van der Waals surface area contributed by atoms with Gasteiger partial charge in [-0.25, -0.2) is 16.8 Å². The molecule has 3 rings (SSSR count). The van der Waals surface area contributed by atoms with Crippen molar-refractivity contribution in [1.82, 2.24) is 0 Å². The third kappa shape index (κ3) is 4.65. The zero-order valence-electron chi connectivity index (χ0n) is 17.2. The second-order valence-electron chi connectivity index (χ2n) is 8.09. The zero-order valence-corrected chi connectivity index (χ0v) is 18.9. The predicted octanol–water partition coefficient (Wildman–Crippen LogP) is 4.50. The first-order valence-electron chi connectivity index (χ1n) is 9.49. The van der Waals surface area contributed by atoms with Gasteiger partial charge in [-0.3, -0.25) is 0 Å². The van der Waals surface area contributed by atoms with Gasteiger partial charge in [-0.1, -0.05) is 18.2 Å². The number of halogens is 3. The molecular formula is C21H23F3O5S2. The first-order valence-corrected chi connectivity index (χ1v) is 12.9. The minimum Gasteiger partial charge on any atom is -0.373 e. The molecule has 1 saturated heterocycles. The van der Waals surface area contributed by atoms with Gasteiger partial charge in [-0.05, 0) is 62.1 Å². The highest BCUT2D eigenvalue weighted by Gasteiger charge is 2.45. The minimum atomic E-state index is -4.65. The number of hydrogen-bond acceptors (Lipinski definition) is 5. The normalized spacial score (nSPS) is 23.0. The van der Waals surface area contributed by atoms with Crippen LogP contribution in [0.5, 0.6) is 0 Å². The van der Waals surface area contributed by atoms with Crippen LogP contribution < -0.4 is 0 Å². The van der Waals surface area contributed by atoms with Gasteiger partial charge >= 0.3 is 6.18 Å². The van der Waals surface area contributed by atoms with Crippen molar-refractivity contribution in [3.63, 3.8) is 0 Å². The molecule has 0 spiro atoms. The molecule has 1 heterocycles. The molecule has 170 valence electrons. The first-order chi connectivity index (χ1) is 14.1. The number of hydrogen-bond donors (Lipinski definition) is 0. The Morgan fingerprint density at radius 2 is 1.74 bits per heavy atom. The molecule has 1 aliphatic heterocycles. The Balaban J connectivity index is 1.96. The monoisotopic (exact) mass is 476 g/mol. The third-order valence-electron chi connectivity index (χ3n) is 5.66. The third-order valence-corrected chi connectivity index (χ3v) is 9.46. The average Bonchev–Trinajstić information content (AvgIpc) is 2.66. The van der Waals surface area contributed by atoms with Crippen molar-refractivity contribution in [2.24, 2.45) is 0 Å². The van der Waals surface area contributed by atoms with Crippen LogP contribution in [0, 0.1) is 6.92 Å². The summed E-state index contributed by atoms with van der Waals surface area (Å²) in [6.07, 6.45) is -4.02. The Morgan fingerprint density at radius 3 is 2.32 bits per heavy atom. The van der Waals surface area contributed by atoms with E-state index in [1.807, 2.05) is 0 Å². The van der Waals surface area contributed by atoms with Crippen molar-refractivity contribution in [3.05, 3.63) is 59.2 Å². The summed E-state index contributed by atoms with van der Waals surface area (Å²) in [4.78, 5) is -0.208. The Kier molecular flexibility index (Phi) is 6.05. The molecule has 0 aliphatic carbocycles. The molecule has 0 saturated carbocycles. The van der Waals surface area contributed by atoms with Gasteiger partial charge < -0.3 is 4.74 Å². The lowest BCUT2D eigenvalue weighted by molar-refractivity contribution is -0.137. The Labute approximate surface area is 180 Å². The quantitative estimate of drug-likeness (QED) is 0.649. The summed E-state index contributed by atoms with van der Waals surface area (Å²) < 4.78 is 93.9. The maximum Gasteiger partial charge on any atom is 0.416 e. The maximum atomic E-state index is 13.3. The fourth-order valence-electron chi connectivity index (χ4n) is 3.84. The van der Waals surface area contributed by atoms with Gasteiger partial charge in [0.25, 0.3) is 0 Å². The molecule has 0 radical (unpaired) electrons. The van der Waals surface area contributed by atoms with Crippen molar-refractivity contribution >= 4 is 19.7 Å². The van der Waals surface area contributed by atoms with E-state index in [4.69, 9.17) is 4.74 Å². The molecule has 0 bridgehead atoms. The number of aryl methyl sites for hydroxylation is 1. The standard InChI is InChI=1S/C21H23F3O5S2/c1-14-11-15(7-8-19(14)30(3,25)26)18-13-20(2,9-10-29-18)31(27,28)17-6-4-5-16(12-17)21(22,23)24/h4-8,11-12,18H,9-10,13H2,1-3H3.